The summed E-state index contributed by atoms with van der Waals surface area (Å²) in [5.74, 6) is 0.927. The molecule has 0 radical (unpaired) electrons. The quantitative estimate of drug-likeness (QED) is 0.345. The number of nitrogens with one attached hydrogen (secondary N) is 2. The molecule has 2 heterocycles. The predicted octanol–water partition coefficient (Wildman–Crippen LogP) is 5.47. The number of carbonyl (C=O) groups is 1. The molecule has 0 bridgehead atoms. The smallest absolute Gasteiger partial charge is 0.433 e. The molecule has 0 saturated heterocycles. The number of nitrogens with two attached hydrogens (primary N) is 1. The summed E-state index contributed by atoms with van der Waals surface area (Å²) < 4.78 is 49.2. The van der Waals surface area contributed by atoms with Crippen LogP contribution in [-0.4, -0.2) is 33.2 Å². The lowest BCUT2D eigenvalue weighted by Crippen LogP contribution is -2.33. The average molecular weight is 505 g/mol. The van der Waals surface area contributed by atoms with Gasteiger partial charge in [-0.2, -0.15) is 18.2 Å². The number of alkyl halides is 3. The second-order valence-electron chi connectivity index (χ2n) is 8.76. The molecule has 192 valence electrons. The molecule has 0 spiro atoms. The maximum Gasteiger partial charge on any atom is 0.433 e. The number of halogens is 3. The van der Waals surface area contributed by atoms with Crippen molar-refractivity contribution in [3.8, 4) is 11.5 Å². The van der Waals surface area contributed by atoms with E-state index in [2.05, 4.69) is 25.6 Å². The number of nitrogen functional groups attached to an aromatic ring is 1. The first-order chi connectivity index (χ1) is 16.9. The summed E-state index contributed by atoms with van der Waals surface area (Å²) in [4.78, 5) is 23.4. The van der Waals surface area contributed by atoms with Crippen LogP contribution in [0, 0.1) is 0 Å². The summed E-state index contributed by atoms with van der Waals surface area (Å²) in [6, 6.07) is 10.5. The Morgan fingerprint density at radius 2 is 1.75 bits per heavy atom. The number of rotatable bonds is 8. The molecular formula is C24H27F3N6O3. The SMILES string of the molecule is CC(C)(C)OC(=O)NCCCc1cc(Nc2ccc(Oc3ccnc(C(F)(F)F)c3)cc2)nc(N)n1. The molecule has 0 aliphatic heterocycles. The third-order valence-corrected chi connectivity index (χ3v) is 4.46. The zero-order valence-corrected chi connectivity index (χ0v) is 20.0. The Labute approximate surface area is 206 Å². The lowest BCUT2D eigenvalue weighted by atomic mass is 10.2. The van der Waals surface area contributed by atoms with Gasteiger partial charge in [-0.3, -0.25) is 4.98 Å². The van der Waals surface area contributed by atoms with E-state index in [0.717, 1.165) is 12.3 Å². The molecule has 0 aliphatic carbocycles. The van der Waals surface area contributed by atoms with Gasteiger partial charge in [-0.25, -0.2) is 9.78 Å². The first-order valence-corrected chi connectivity index (χ1v) is 11.1. The number of aromatic nitrogens is 3. The van der Waals surface area contributed by atoms with Crippen molar-refractivity contribution in [1.82, 2.24) is 20.3 Å². The molecule has 0 fully saturated rings. The van der Waals surface area contributed by atoms with Crippen LogP contribution in [0.2, 0.25) is 0 Å². The molecule has 1 aromatic carbocycles. The Kier molecular flexibility index (Phi) is 8.18. The number of hydrogen-bond acceptors (Lipinski definition) is 8. The van der Waals surface area contributed by atoms with Crippen LogP contribution < -0.4 is 21.1 Å². The molecule has 36 heavy (non-hydrogen) atoms. The van der Waals surface area contributed by atoms with Gasteiger partial charge in [0.05, 0.1) is 0 Å². The van der Waals surface area contributed by atoms with Gasteiger partial charge in [-0.05, 0) is 63.9 Å². The summed E-state index contributed by atoms with van der Waals surface area (Å²) >= 11 is 0. The van der Waals surface area contributed by atoms with Gasteiger partial charge in [-0.1, -0.05) is 0 Å². The van der Waals surface area contributed by atoms with Crippen LogP contribution in [0.15, 0.2) is 48.7 Å². The van der Waals surface area contributed by atoms with E-state index in [-0.39, 0.29) is 11.7 Å². The molecule has 0 atom stereocenters. The maximum absolute atomic E-state index is 12.8. The lowest BCUT2D eigenvalue weighted by molar-refractivity contribution is -0.141. The molecule has 4 N–H and O–H groups in total. The van der Waals surface area contributed by atoms with E-state index in [1.165, 1.54) is 6.07 Å². The van der Waals surface area contributed by atoms with E-state index in [4.69, 9.17) is 15.2 Å². The Hall–Kier alpha value is -4.09. The number of hydrogen-bond donors (Lipinski definition) is 3. The van der Waals surface area contributed by atoms with E-state index in [1.54, 1.807) is 51.1 Å². The number of aryl methyl sites for hydroxylation is 1. The Morgan fingerprint density at radius 1 is 1.03 bits per heavy atom. The largest absolute Gasteiger partial charge is 0.457 e. The van der Waals surface area contributed by atoms with Gasteiger partial charge in [0.25, 0.3) is 0 Å². The number of ether oxygens (including phenoxy) is 2. The third kappa shape index (κ3) is 8.60. The number of anilines is 3. The van der Waals surface area contributed by atoms with E-state index >= 15 is 0 Å². The van der Waals surface area contributed by atoms with Crippen molar-refractivity contribution in [2.45, 2.75) is 45.4 Å². The number of carbonyl (C=O) groups excluding carboxylic acids is 1. The zero-order chi connectivity index (χ0) is 26.3. The maximum atomic E-state index is 12.8. The molecule has 2 aromatic heterocycles. The van der Waals surface area contributed by atoms with Gasteiger partial charge in [0.2, 0.25) is 5.95 Å². The molecular weight excluding hydrogens is 477 g/mol. The minimum Gasteiger partial charge on any atom is -0.457 e. The molecule has 0 aliphatic rings. The summed E-state index contributed by atoms with van der Waals surface area (Å²) in [6.07, 6.45) is -2.83. The van der Waals surface area contributed by atoms with Crippen molar-refractivity contribution in [2.24, 2.45) is 0 Å². The van der Waals surface area contributed by atoms with Crippen molar-refractivity contribution in [3.05, 3.63) is 60.0 Å². The van der Waals surface area contributed by atoms with Gasteiger partial charge in [0.15, 0.2) is 0 Å². The van der Waals surface area contributed by atoms with Crippen LogP contribution in [0.4, 0.5) is 35.4 Å². The topological polar surface area (TPSA) is 124 Å². The van der Waals surface area contributed by atoms with Gasteiger partial charge in [0.1, 0.15) is 28.6 Å². The second-order valence-corrected chi connectivity index (χ2v) is 8.76. The molecule has 12 heteroatoms. The van der Waals surface area contributed by atoms with Gasteiger partial charge < -0.3 is 25.8 Å². The van der Waals surface area contributed by atoms with E-state index < -0.39 is 23.6 Å². The number of alkyl carbamates (subject to hydrolysis) is 1. The predicted molar refractivity (Wildman–Crippen MR) is 128 cm³/mol. The first-order valence-electron chi connectivity index (χ1n) is 11.1. The van der Waals surface area contributed by atoms with E-state index in [9.17, 15) is 18.0 Å². The van der Waals surface area contributed by atoms with Gasteiger partial charge >= 0.3 is 12.3 Å². The van der Waals surface area contributed by atoms with Crippen LogP contribution in [0.25, 0.3) is 0 Å². The fourth-order valence-electron chi connectivity index (χ4n) is 3.00. The van der Waals surface area contributed by atoms with Crippen molar-refractivity contribution >= 4 is 23.5 Å². The number of benzene rings is 1. The van der Waals surface area contributed by atoms with E-state index in [0.29, 0.717) is 42.3 Å². The Bertz CT molecular complexity index is 1180. The lowest BCUT2D eigenvalue weighted by Gasteiger charge is -2.19. The molecule has 0 saturated carbocycles. The van der Waals surface area contributed by atoms with Crippen LogP contribution >= 0.6 is 0 Å². The Balaban J connectivity index is 1.55. The van der Waals surface area contributed by atoms with Crippen LogP contribution in [0.5, 0.6) is 11.5 Å². The second kappa shape index (κ2) is 11.1. The molecule has 0 unspecified atom stereocenters. The highest BCUT2D eigenvalue weighted by Crippen LogP contribution is 2.31. The monoisotopic (exact) mass is 504 g/mol. The summed E-state index contributed by atoms with van der Waals surface area (Å²) in [5, 5.41) is 5.79. The number of amides is 1. The van der Waals surface area contributed by atoms with Crippen LogP contribution in [0.1, 0.15) is 38.6 Å². The standard InChI is InChI=1S/C24H27F3N6O3/c1-23(2,3)36-22(34)30-11-4-5-16-13-20(33-21(28)32-16)31-15-6-8-17(9-7-15)35-18-10-12-29-19(14-18)24(25,26)27/h6-10,12-14H,4-5,11H2,1-3H3,(H,30,34)(H3,28,31,32,33). The fraction of sp³-hybridized carbons (Fsp3) is 0.333. The van der Waals surface area contributed by atoms with Crippen molar-refractivity contribution in [1.29, 1.82) is 0 Å². The van der Waals surface area contributed by atoms with Crippen molar-refractivity contribution in [2.75, 3.05) is 17.6 Å². The highest BCUT2D eigenvalue weighted by molar-refractivity contribution is 5.67. The summed E-state index contributed by atoms with van der Waals surface area (Å²) in [5.41, 5.74) is 5.58. The van der Waals surface area contributed by atoms with Crippen LogP contribution in [0.3, 0.4) is 0 Å². The highest BCUT2D eigenvalue weighted by atomic mass is 19.4. The summed E-state index contributed by atoms with van der Waals surface area (Å²) in [7, 11) is 0. The van der Waals surface area contributed by atoms with Gasteiger partial charge in [-0.15, -0.1) is 0 Å². The molecule has 9 nitrogen and oxygen atoms in total. The van der Waals surface area contributed by atoms with Crippen LogP contribution in [-0.2, 0) is 17.3 Å². The minimum atomic E-state index is -4.56. The summed E-state index contributed by atoms with van der Waals surface area (Å²) in [6.45, 7) is 5.78. The molecule has 3 aromatic rings. The van der Waals surface area contributed by atoms with Crippen molar-refractivity contribution < 1.29 is 27.4 Å². The third-order valence-electron chi connectivity index (χ3n) is 4.46. The average Bonchev–Trinajstić information content (AvgIpc) is 2.76. The van der Waals surface area contributed by atoms with Crippen molar-refractivity contribution in [3.63, 3.8) is 0 Å². The number of pyridine rings is 1. The van der Waals surface area contributed by atoms with E-state index in [1.807, 2.05) is 0 Å². The molecule has 3 rings (SSSR count). The first kappa shape index (κ1) is 26.5. The fourth-order valence-corrected chi connectivity index (χ4v) is 3.00. The molecule has 1 amide bonds. The zero-order valence-electron chi connectivity index (χ0n) is 20.0. The minimum absolute atomic E-state index is 0.0207. The number of nitrogens with zero attached hydrogens (tertiary/aromatic N) is 3. The highest BCUT2D eigenvalue weighted by Gasteiger charge is 2.32. The normalized spacial score (nSPS) is 11.6. The Morgan fingerprint density at radius 3 is 2.42 bits per heavy atom. The van der Waals surface area contributed by atoms with Gasteiger partial charge in [0, 0.05) is 36.3 Å².